The second-order valence-electron chi connectivity index (χ2n) is 10.0. The Morgan fingerprint density at radius 3 is 2.48 bits per heavy atom. The van der Waals surface area contributed by atoms with Gasteiger partial charge in [-0.1, -0.05) is 27.7 Å². The molecule has 0 aliphatic heterocycles. The molecule has 4 aliphatic rings. The minimum atomic E-state index is -0.346. The number of aliphatic hydroxyl groups is 2. The van der Waals surface area contributed by atoms with Crippen LogP contribution in [0.3, 0.4) is 0 Å². The fourth-order valence-corrected chi connectivity index (χ4v) is 7.80. The van der Waals surface area contributed by atoms with Crippen molar-refractivity contribution in [3.63, 3.8) is 0 Å². The van der Waals surface area contributed by atoms with Gasteiger partial charge >= 0.3 is 0 Å². The molecule has 2 bridgehead atoms. The number of rotatable bonds is 0. The van der Waals surface area contributed by atoms with Crippen molar-refractivity contribution in [1.82, 2.24) is 0 Å². The Balaban J connectivity index is 1.81. The zero-order chi connectivity index (χ0) is 16.8. The first kappa shape index (κ1) is 16.1. The average molecular weight is 320 g/mol. The quantitative estimate of drug-likeness (QED) is 0.721. The number of carbonyl (C=O) groups excluding carboxylic acids is 1. The molecule has 3 nitrogen and oxygen atoms in total. The standard InChI is InChI=1S/C20H32O3/c1-11-12-9-13(21)16-19(4)7-6-15(22)18(2,3)14(19)5-8-20(16,10-12)17(11)23/h11-16,21-22H,5-10H2,1-4H3/t11-,12+,13-,14+,15+,16-,19+,20+/m0/s1. The zero-order valence-corrected chi connectivity index (χ0v) is 15.0. The van der Waals surface area contributed by atoms with Crippen molar-refractivity contribution in [2.24, 2.45) is 39.9 Å². The molecule has 1 spiro atoms. The third-order valence-corrected chi connectivity index (χ3v) is 8.86. The number of aliphatic hydroxyl groups excluding tert-OH is 2. The lowest BCUT2D eigenvalue weighted by atomic mass is 9.40. The van der Waals surface area contributed by atoms with Crippen LogP contribution in [0, 0.1) is 39.9 Å². The van der Waals surface area contributed by atoms with E-state index in [2.05, 4.69) is 27.7 Å². The van der Waals surface area contributed by atoms with Crippen molar-refractivity contribution in [3.8, 4) is 0 Å². The van der Waals surface area contributed by atoms with Crippen LogP contribution in [-0.2, 0) is 4.79 Å². The van der Waals surface area contributed by atoms with Gasteiger partial charge in [0.25, 0.3) is 0 Å². The summed E-state index contributed by atoms with van der Waals surface area (Å²) < 4.78 is 0. The highest BCUT2D eigenvalue weighted by Crippen LogP contribution is 2.71. The lowest BCUT2D eigenvalue weighted by Gasteiger charge is -2.65. The normalized spacial score (nSPS) is 57.7. The van der Waals surface area contributed by atoms with E-state index in [0.717, 1.165) is 38.5 Å². The minimum Gasteiger partial charge on any atom is -0.393 e. The summed E-state index contributed by atoms with van der Waals surface area (Å²) in [5, 5.41) is 21.6. The molecular formula is C20H32O3. The molecule has 130 valence electrons. The summed E-state index contributed by atoms with van der Waals surface area (Å²) in [6, 6.07) is 0. The molecule has 0 saturated heterocycles. The van der Waals surface area contributed by atoms with Gasteiger partial charge in [-0.05, 0) is 61.2 Å². The van der Waals surface area contributed by atoms with Crippen molar-refractivity contribution in [3.05, 3.63) is 0 Å². The fraction of sp³-hybridized carbons (Fsp3) is 0.950. The molecular weight excluding hydrogens is 288 g/mol. The van der Waals surface area contributed by atoms with Crippen molar-refractivity contribution < 1.29 is 15.0 Å². The second kappa shape index (κ2) is 4.60. The number of ketones is 1. The molecule has 0 aromatic carbocycles. The Bertz CT molecular complexity index is 541. The maximum absolute atomic E-state index is 13.2. The molecule has 3 heteroatoms. The molecule has 4 saturated carbocycles. The van der Waals surface area contributed by atoms with Gasteiger partial charge in [0.1, 0.15) is 5.78 Å². The van der Waals surface area contributed by atoms with E-state index in [0.29, 0.717) is 17.6 Å². The first-order valence-corrected chi connectivity index (χ1v) is 9.55. The topological polar surface area (TPSA) is 57.5 Å². The van der Waals surface area contributed by atoms with E-state index < -0.39 is 0 Å². The first-order valence-electron chi connectivity index (χ1n) is 9.55. The van der Waals surface area contributed by atoms with Crippen LogP contribution in [0.1, 0.15) is 66.2 Å². The van der Waals surface area contributed by atoms with Crippen molar-refractivity contribution in [2.45, 2.75) is 78.4 Å². The van der Waals surface area contributed by atoms with Crippen LogP contribution in [0.2, 0.25) is 0 Å². The fourth-order valence-electron chi connectivity index (χ4n) is 7.80. The predicted molar refractivity (Wildman–Crippen MR) is 88.7 cm³/mol. The molecule has 0 radical (unpaired) electrons. The number of hydrogen-bond donors (Lipinski definition) is 2. The number of fused-ring (bicyclic) bond motifs is 3. The van der Waals surface area contributed by atoms with Gasteiger partial charge in [-0.15, -0.1) is 0 Å². The van der Waals surface area contributed by atoms with Crippen LogP contribution >= 0.6 is 0 Å². The molecule has 0 aromatic heterocycles. The molecule has 2 N–H and O–H groups in total. The molecule has 0 heterocycles. The molecule has 0 aromatic rings. The van der Waals surface area contributed by atoms with Crippen LogP contribution in [0.5, 0.6) is 0 Å². The van der Waals surface area contributed by atoms with Gasteiger partial charge in [-0.25, -0.2) is 0 Å². The van der Waals surface area contributed by atoms with Crippen molar-refractivity contribution in [1.29, 1.82) is 0 Å². The van der Waals surface area contributed by atoms with Gasteiger partial charge in [-0.3, -0.25) is 4.79 Å². The van der Waals surface area contributed by atoms with Crippen molar-refractivity contribution >= 4 is 5.78 Å². The summed E-state index contributed by atoms with van der Waals surface area (Å²) in [4.78, 5) is 13.2. The van der Waals surface area contributed by atoms with Gasteiger partial charge in [0.15, 0.2) is 0 Å². The maximum Gasteiger partial charge on any atom is 0.142 e. The van der Waals surface area contributed by atoms with Crippen LogP contribution in [-0.4, -0.2) is 28.2 Å². The van der Waals surface area contributed by atoms with Gasteiger partial charge in [0, 0.05) is 17.3 Å². The lowest BCUT2D eigenvalue weighted by molar-refractivity contribution is -0.207. The van der Waals surface area contributed by atoms with Crippen LogP contribution in [0.25, 0.3) is 0 Å². The smallest absolute Gasteiger partial charge is 0.142 e. The Hall–Kier alpha value is -0.410. The van der Waals surface area contributed by atoms with Crippen LogP contribution < -0.4 is 0 Å². The Labute approximate surface area is 139 Å². The largest absolute Gasteiger partial charge is 0.393 e. The molecule has 4 fully saturated rings. The van der Waals surface area contributed by atoms with Gasteiger partial charge < -0.3 is 10.2 Å². The Kier molecular flexibility index (Phi) is 3.22. The summed E-state index contributed by atoms with van der Waals surface area (Å²) >= 11 is 0. The Morgan fingerprint density at radius 2 is 1.78 bits per heavy atom. The molecule has 4 aliphatic carbocycles. The third-order valence-electron chi connectivity index (χ3n) is 8.86. The van der Waals surface area contributed by atoms with Crippen molar-refractivity contribution in [2.75, 3.05) is 0 Å². The van der Waals surface area contributed by atoms with Crippen LogP contribution in [0.4, 0.5) is 0 Å². The molecule has 8 atom stereocenters. The van der Waals surface area contributed by atoms with E-state index in [1.54, 1.807) is 0 Å². The van der Waals surface area contributed by atoms with Crippen LogP contribution in [0.15, 0.2) is 0 Å². The van der Waals surface area contributed by atoms with Gasteiger partial charge in [0.2, 0.25) is 0 Å². The molecule has 0 unspecified atom stereocenters. The third kappa shape index (κ3) is 1.76. The highest BCUT2D eigenvalue weighted by molar-refractivity contribution is 5.90. The summed E-state index contributed by atoms with van der Waals surface area (Å²) in [6.45, 7) is 8.78. The summed E-state index contributed by atoms with van der Waals surface area (Å²) in [6.07, 6.45) is 4.87. The van der Waals surface area contributed by atoms with Gasteiger partial charge in [-0.2, -0.15) is 0 Å². The van der Waals surface area contributed by atoms with E-state index in [4.69, 9.17) is 0 Å². The molecule has 0 amide bonds. The Morgan fingerprint density at radius 1 is 1.09 bits per heavy atom. The maximum atomic E-state index is 13.2. The summed E-state index contributed by atoms with van der Waals surface area (Å²) in [5.74, 6) is 1.43. The highest BCUT2D eigenvalue weighted by Gasteiger charge is 2.70. The first-order chi connectivity index (χ1) is 10.6. The van der Waals surface area contributed by atoms with E-state index >= 15 is 0 Å². The number of hydrogen-bond acceptors (Lipinski definition) is 3. The van der Waals surface area contributed by atoms with E-state index in [9.17, 15) is 15.0 Å². The highest BCUT2D eigenvalue weighted by atomic mass is 16.3. The predicted octanol–water partition coefficient (Wildman–Crippen LogP) is 3.18. The second-order valence-corrected chi connectivity index (χ2v) is 10.0. The average Bonchev–Trinajstić information content (AvgIpc) is 2.65. The van der Waals surface area contributed by atoms with Gasteiger partial charge in [0.05, 0.1) is 12.2 Å². The molecule has 4 rings (SSSR count). The summed E-state index contributed by atoms with van der Waals surface area (Å²) in [5.41, 5.74) is -0.422. The number of carbonyl (C=O) groups is 1. The van der Waals surface area contributed by atoms with E-state index in [-0.39, 0.29) is 40.3 Å². The minimum absolute atomic E-state index is 0.0227. The molecule has 23 heavy (non-hydrogen) atoms. The van der Waals surface area contributed by atoms with E-state index in [1.165, 1.54) is 0 Å². The van der Waals surface area contributed by atoms with E-state index in [1.807, 2.05) is 0 Å². The zero-order valence-electron chi connectivity index (χ0n) is 15.0. The lowest BCUT2D eigenvalue weighted by Crippen LogP contribution is -2.63. The SMILES string of the molecule is C[C@@H]1C(=O)[C@@]23CC[C@@H]4C(C)(C)[C@H](O)CC[C@@]4(C)[C@@H]2[C@@H](O)C[C@@H]1C3. The monoisotopic (exact) mass is 320 g/mol. The summed E-state index contributed by atoms with van der Waals surface area (Å²) in [7, 11) is 0. The number of Topliss-reactive ketones (excluding diaryl/α,β-unsaturated/α-hetero) is 1.